The molecule has 2 aromatic heterocycles. The Balaban J connectivity index is 1.47. The van der Waals surface area contributed by atoms with Gasteiger partial charge in [0.25, 0.3) is 0 Å². The van der Waals surface area contributed by atoms with E-state index in [-0.39, 0.29) is 0 Å². The maximum absolute atomic E-state index is 14.6. The van der Waals surface area contributed by atoms with E-state index in [4.69, 9.17) is 4.98 Å². The van der Waals surface area contributed by atoms with Crippen molar-refractivity contribution in [1.82, 2.24) is 9.97 Å². The first kappa shape index (κ1) is 20.5. The van der Waals surface area contributed by atoms with Gasteiger partial charge in [-0.05, 0) is 12.1 Å². The molecule has 6 rings (SSSR count). The molecule has 6 aromatic rings. The summed E-state index contributed by atoms with van der Waals surface area (Å²) >= 11 is 0. The maximum atomic E-state index is 14.6. The second-order valence-electron chi connectivity index (χ2n) is 8.24. The first-order valence-corrected chi connectivity index (χ1v) is 12.9. The van der Waals surface area contributed by atoms with Gasteiger partial charge in [0.2, 0.25) is 0 Å². The minimum atomic E-state index is -2.99. The summed E-state index contributed by atoms with van der Waals surface area (Å²) in [5.41, 5.74) is 3.63. The van der Waals surface area contributed by atoms with E-state index >= 15 is 0 Å². The highest BCUT2D eigenvalue weighted by atomic mass is 31.2. The molecule has 0 amide bonds. The number of benzene rings is 4. The van der Waals surface area contributed by atoms with Crippen LogP contribution >= 0.6 is 7.14 Å². The SMILES string of the molecule is O=P(c1ccccc1)(c1ccccc1)c1ccc(-c2ccc3ccc4cccnc4c3n2)cc1. The summed E-state index contributed by atoms with van der Waals surface area (Å²) < 4.78 is 14.6. The summed E-state index contributed by atoms with van der Waals surface area (Å²) in [5.74, 6) is 0. The van der Waals surface area contributed by atoms with Crippen molar-refractivity contribution in [2.75, 3.05) is 0 Å². The molecule has 162 valence electrons. The normalized spacial score (nSPS) is 11.6. The highest BCUT2D eigenvalue weighted by molar-refractivity contribution is 7.85. The standard InChI is InChI=1S/C30H21N2OP/c33-34(25-9-3-1-4-10-25,26-11-5-2-6-12-26)27-18-15-22(16-19-27)28-20-17-24-14-13-23-8-7-21-31-29(23)30(24)32-28/h1-21H. The van der Waals surface area contributed by atoms with Crippen LogP contribution in [0.3, 0.4) is 0 Å². The second-order valence-corrected chi connectivity index (χ2v) is 11.0. The van der Waals surface area contributed by atoms with Crippen LogP contribution in [0.1, 0.15) is 0 Å². The summed E-state index contributed by atoms with van der Waals surface area (Å²) in [5, 5.41) is 4.60. The molecule has 0 spiro atoms. The molecule has 0 unspecified atom stereocenters. The van der Waals surface area contributed by atoms with Crippen molar-refractivity contribution in [3.05, 3.63) is 128 Å². The molecule has 0 fully saturated rings. The fourth-order valence-electron chi connectivity index (χ4n) is 4.45. The molecular weight excluding hydrogens is 435 g/mol. The van der Waals surface area contributed by atoms with Crippen LogP contribution in [0.4, 0.5) is 0 Å². The van der Waals surface area contributed by atoms with Gasteiger partial charge in [-0.3, -0.25) is 4.98 Å². The number of fused-ring (bicyclic) bond motifs is 3. The first-order valence-electron chi connectivity index (χ1n) is 11.2. The van der Waals surface area contributed by atoms with Gasteiger partial charge in [0, 0.05) is 38.4 Å². The summed E-state index contributed by atoms with van der Waals surface area (Å²) in [4.78, 5) is 9.51. The number of pyridine rings is 2. The Morgan fingerprint density at radius 1 is 0.500 bits per heavy atom. The van der Waals surface area contributed by atoms with Gasteiger partial charge in [-0.1, -0.05) is 109 Å². The van der Waals surface area contributed by atoms with E-state index in [1.54, 1.807) is 6.20 Å². The Labute approximate surface area is 198 Å². The molecule has 2 heterocycles. The predicted molar refractivity (Wildman–Crippen MR) is 142 cm³/mol. The lowest BCUT2D eigenvalue weighted by Crippen LogP contribution is -2.24. The molecule has 3 nitrogen and oxygen atoms in total. The van der Waals surface area contributed by atoms with Gasteiger partial charge in [0.1, 0.15) is 0 Å². The monoisotopic (exact) mass is 456 g/mol. The van der Waals surface area contributed by atoms with Gasteiger partial charge >= 0.3 is 0 Å². The van der Waals surface area contributed by atoms with Gasteiger partial charge in [-0.25, -0.2) is 4.98 Å². The molecule has 0 atom stereocenters. The van der Waals surface area contributed by atoms with Gasteiger partial charge in [-0.15, -0.1) is 0 Å². The molecule has 0 aliphatic heterocycles. The number of hydrogen-bond donors (Lipinski definition) is 0. The van der Waals surface area contributed by atoms with Crippen LogP contribution in [0.25, 0.3) is 33.1 Å². The third-order valence-electron chi connectivity index (χ3n) is 6.20. The average molecular weight is 456 g/mol. The summed E-state index contributed by atoms with van der Waals surface area (Å²) in [6.07, 6.45) is 1.80. The Hall–Kier alpha value is -4.07. The van der Waals surface area contributed by atoms with Crippen molar-refractivity contribution >= 4 is 44.9 Å². The number of hydrogen-bond acceptors (Lipinski definition) is 3. The Morgan fingerprint density at radius 3 is 1.71 bits per heavy atom. The summed E-state index contributed by atoms with van der Waals surface area (Å²) in [6, 6.07) is 39.7. The van der Waals surface area contributed by atoms with E-state index in [2.05, 4.69) is 29.2 Å². The lowest BCUT2D eigenvalue weighted by molar-refractivity contribution is 0.592. The Bertz CT molecular complexity index is 1620. The third kappa shape index (κ3) is 3.42. The van der Waals surface area contributed by atoms with Gasteiger partial charge in [0.05, 0.1) is 16.7 Å². The number of aromatic nitrogens is 2. The fourth-order valence-corrected chi connectivity index (χ4v) is 7.10. The zero-order valence-electron chi connectivity index (χ0n) is 18.4. The highest BCUT2D eigenvalue weighted by Gasteiger charge is 2.29. The fraction of sp³-hybridized carbons (Fsp3) is 0. The Morgan fingerprint density at radius 2 is 1.06 bits per heavy atom. The molecule has 0 saturated carbocycles. The van der Waals surface area contributed by atoms with Crippen molar-refractivity contribution < 1.29 is 4.57 Å². The molecule has 0 bridgehead atoms. The molecule has 0 aliphatic carbocycles. The lowest BCUT2D eigenvalue weighted by Gasteiger charge is -2.20. The van der Waals surface area contributed by atoms with Gasteiger partial charge in [-0.2, -0.15) is 0 Å². The van der Waals surface area contributed by atoms with Crippen molar-refractivity contribution in [1.29, 1.82) is 0 Å². The van der Waals surface area contributed by atoms with Crippen LogP contribution in [-0.2, 0) is 4.57 Å². The largest absolute Gasteiger partial charge is 0.309 e. The molecule has 0 radical (unpaired) electrons. The van der Waals surface area contributed by atoms with E-state index < -0.39 is 7.14 Å². The predicted octanol–water partition coefficient (Wildman–Crippen LogP) is 6.09. The highest BCUT2D eigenvalue weighted by Crippen LogP contribution is 2.42. The van der Waals surface area contributed by atoms with Crippen LogP contribution in [0.15, 0.2) is 128 Å². The zero-order chi connectivity index (χ0) is 23.0. The van der Waals surface area contributed by atoms with Crippen molar-refractivity contribution in [3.8, 4) is 11.3 Å². The van der Waals surface area contributed by atoms with Gasteiger partial charge in [0.15, 0.2) is 7.14 Å². The second kappa shape index (κ2) is 8.37. The zero-order valence-corrected chi connectivity index (χ0v) is 19.3. The van der Waals surface area contributed by atoms with Gasteiger partial charge < -0.3 is 4.57 Å². The molecule has 0 aliphatic rings. The van der Waals surface area contributed by atoms with Crippen LogP contribution in [0, 0.1) is 0 Å². The number of rotatable bonds is 4. The summed E-state index contributed by atoms with van der Waals surface area (Å²) in [7, 11) is -2.99. The molecule has 4 aromatic carbocycles. The minimum absolute atomic E-state index is 0.807. The van der Waals surface area contributed by atoms with E-state index in [0.717, 1.165) is 49.0 Å². The van der Waals surface area contributed by atoms with Crippen LogP contribution in [0.5, 0.6) is 0 Å². The minimum Gasteiger partial charge on any atom is -0.309 e. The van der Waals surface area contributed by atoms with Crippen LogP contribution in [-0.4, -0.2) is 9.97 Å². The topological polar surface area (TPSA) is 42.9 Å². The third-order valence-corrected chi connectivity index (χ3v) is 9.27. The van der Waals surface area contributed by atoms with Crippen molar-refractivity contribution in [2.45, 2.75) is 0 Å². The van der Waals surface area contributed by atoms with E-state index in [0.29, 0.717) is 0 Å². The molecule has 4 heteroatoms. The van der Waals surface area contributed by atoms with Crippen LogP contribution < -0.4 is 15.9 Å². The number of nitrogens with zero attached hydrogens (tertiary/aromatic N) is 2. The van der Waals surface area contributed by atoms with Crippen molar-refractivity contribution in [3.63, 3.8) is 0 Å². The average Bonchev–Trinajstić information content (AvgIpc) is 2.93. The molecular formula is C30H21N2OP. The smallest absolute Gasteiger partial charge is 0.171 e. The Kier molecular flexibility index (Phi) is 5.05. The molecule has 34 heavy (non-hydrogen) atoms. The summed E-state index contributed by atoms with van der Waals surface area (Å²) in [6.45, 7) is 0. The molecule has 0 saturated heterocycles. The lowest BCUT2D eigenvalue weighted by atomic mass is 10.1. The molecule has 0 N–H and O–H groups in total. The van der Waals surface area contributed by atoms with E-state index in [1.807, 2.05) is 97.1 Å². The first-order chi connectivity index (χ1) is 16.7. The maximum Gasteiger partial charge on any atom is 0.171 e. The van der Waals surface area contributed by atoms with Crippen LogP contribution in [0.2, 0.25) is 0 Å². The van der Waals surface area contributed by atoms with Crippen molar-refractivity contribution in [2.24, 2.45) is 0 Å². The van der Waals surface area contributed by atoms with E-state index in [9.17, 15) is 4.57 Å². The quantitative estimate of drug-likeness (QED) is 0.238. The van der Waals surface area contributed by atoms with E-state index in [1.165, 1.54) is 0 Å².